The van der Waals surface area contributed by atoms with Crippen LogP contribution in [0.2, 0.25) is 0 Å². The van der Waals surface area contributed by atoms with E-state index < -0.39 is 6.10 Å². The first kappa shape index (κ1) is 18.0. The first-order valence-electron chi connectivity index (χ1n) is 7.94. The van der Waals surface area contributed by atoms with Gasteiger partial charge in [-0.15, -0.1) is 0 Å². The van der Waals surface area contributed by atoms with Gasteiger partial charge in [-0.3, -0.25) is 0 Å². The molecule has 1 heterocycles. The third-order valence-corrected chi connectivity index (χ3v) is 3.32. The quantitative estimate of drug-likeness (QED) is 0.640. The maximum absolute atomic E-state index is 10.0. The Balaban J connectivity index is 1.73. The van der Waals surface area contributed by atoms with Gasteiger partial charge in [0, 0.05) is 12.7 Å². The topological polar surface area (TPSA) is 103 Å². The zero-order valence-corrected chi connectivity index (χ0v) is 14.0. The molecule has 0 fully saturated rings. The Morgan fingerprint density at radius 3 is 2.46 bits per heavy atom. The van der Waals surface area contributed by atoms with Crippen LogP contribution in [-0.4, -0.2) is 40.9 Å². The third-order valence-electron chi connectivity index (χ3n) is 3.32. The lowest BCUT2D eigenvalue weighted by atomic mass is 10.2. The molecule has 2 atom stereocenters. The number of nitrogens with zero attached hydrogens (tertiary/aromatic N) is 2. The summed E-state index contributed by atoms with van der Waals surface area (Å²) in [4.78, 5) is 8.30. The molecule has 0 saturated heterocycles. The normalized spacial score (nSPS) is 13.3. The Morgan fingerprint density at radius 1 is 1.17 bits per heavy atom. The lowest BCUT2D eigenvalue weighted by Crippen LogP contribution is -2.33. The van der Waals surface area contributed by atoms with E-state index in [2.05, 4.69) is 15.3 Å². The average Bonchev–Trinajstić information content (AvgIpc) is 2.59. The van der Waals surface area contributed by atoms with Crippen molar-refractivity contribution in [2.24, 2.45) is 0 Å². The Labute approximate surface area is 141 Å². The maximum Gasteiger partial charge on any atom is 0.147 e. The minimum atomic E-state index is -0.653. The van der Waals surface area contributed by atoms with Crippen molar-refractivity contribution in [1.29, 1.82) is 0 Å². The van der Waals surface area contributed by atoms with Crippen LogP contribution in [0.4, 0.5) is 5.82 Å². The maximum atomic E-state index is 10.0. The lowest BCUT2D eigenvalue weighted by molar-refractivity contribution is 0.104. The molecule has 1 aromatic heterocycles. The number of hydrogen-bond acceptors (Lipinski definition) is 7. The number of anilines is 1. The van der Waals surface area contributed by atoms with Gasteiger partial charge in [-0.2, -0.15) is 0 Å². The van der Waals surface area contributed by atoms with Gasteiger partial charge in [0.05, 0.1) is 12.6 Å². The Hall–Kier alpha value is -2.38. The van der Waals surface area contributed by atoms with Gasteiger partial charge in [-0.1, -0.05) is 0 Å². The Morgan fingerprint density at radius 2 is 1.83 bits per heavy atom. The summed E-state index contributed by atoms with van der Waals surface area (Å²) < 4.78 is 10.9. The molecule has 0 bridgehead atoms. The molecule has 2 rings (SSSR count). The molecule has 1 aromatic carbocycles. The summed E-state index contributed by atoms with van der Waals surface area (Å²) in [6.45, 7) is 5.01. The monoisotopic (exact) mass is 332 g/mol. The van der Waals surface area contributed by atoms with E-state index in [1.165, 1.54) is 0 Å². The summed E-state index contributed by atoms with van der Waals surface area (Å²) in [5.74, 6) is 2.50. The van der Waals surface area contributed by atoms with Crippen molar-refractivity contribution in [2.75, 3.05) is 25.5 Å². The fourth-order valence-electron chi connectivity index (χ4n) is 2.05. The summed E-state index contributed by atoms with van der Waals surface area (Å²) in [5, 5.41) is 13.2. The van der Waals surface area contributed by atoms with E-state index in [1.54, 1.807) is 12.3 Å². The molecule has 130 valence electrons. The molecule has 2 unspecified atom stereocenters. The number of nitrogens with two attached hydrogens (primary N) is 1. The van der Waals surface area contributed by atoms with Crippen LogP contribution < -0.4 is 20.5 Å². The van der Waals surface area contributed by atoms with Crippen LogP contribution >= 0.6 is 0 Å². The highest BCUT2D eigenvalue weighted by Gasteiger charge is 2.12. The summed E-state index contributed by atoms with van der Waals surface area (Å²) in [6.07, 6.45) is 0.960. The van der Waals surface area contributed by atoms with E-state index in [-0.39, 0.29) is 12.6 Å². The smallest absolute Gasteiger partial charge is 0.147 e. The molecule has 0 radical (unpaired) electrons. The average molecular weight is 332 g/mol. The summed E-state index contributed by atoms with van der Waals surface area (Å²) in [5.41, 5.74) is 5.64. The van der Waals surface area contributed by atoms with Crippen LogP contribution in [0.5, 0.6) is 11.5 Å². The van der Waals surface area contributed by atoms with Gasteiger partial charge in [0.15, 0.2) is 0 Å². The van der Waals surface area contributed by atoms with Crippen molar-refractivity contribution in [3.8, 4) is 11.5 Å². The van der Waals surface area contributed by atoms with Crippen LogP contribution in [0.25, 0.3) is 0 Å². The predicted octanol–water partition coefficient (Wildman–Crippen LogP) is 1.55. The van der Waals surface area contributed by atoms with Gasteiger partial charge in [-0.25, -0.2) is 9.97 Å². The van der Waals surface area contributed by atoms with Crippen LogP contribution in [-0.2, 0) is 0 Å². The number of aliphatic hydroxyl groups is 1. The van der Waals surface area contributed by atoms with Crippen LogP contribution in [0.15, 0.2) is 36.5 Å². The number of nitrogens with one attached hydrogen (secondary N) is 1. The molecular weight excluding hydrogens is 308 g/mol. The van der Waals surface area contributed by atoms with Gasteiger partial charge >= 0.3 is 0 Å². The first-order valence-corrected chi connectivity index (χ1v) is 7.94. The second-order valence-electron chi connectivity index (χ2n) is 5.34. The van der Waals surface area contributed by atoms with E-state index >= 15 is 0 Å². The first-order chi connectivity index (χ1) is 11.6. The molecular formula is C17H24N4O3. The number of aromatic nitrogens is 2. The predicted molar refractivity (Wildman–Crippen MR) is 92.0 cm³/mol. The van der Waals surface area contributed by atoms with E-state index in [0.717, 1.165) is 5.75 Å². The van der Waals surface area contributed by atoms with Crippen molar-refractivity contribution in [1.82, 2.24) is 15.3 Å². The van der Waals surface area contributed by atoms with Crippen molar-refractivity contribution in [3.05, 3.63) is 42.4 Å². The van der Waals surface area contributed by atoms with Gasteiger partial charge in [0.25, 0.3) is 0 Å². The summed E-state index contributed by atoms with van der Waals surface area (Å²) in [7, 11) is 0. The number of ether oxygens (including phenoxy) is 2. The second-order valence-corrected chi connectivity index (χ2v) is 5.34. The van der Waals surface area contributed by atoms with Crippen molar-refractivity contribution >= 4 is 5.82 Å². The SMILES string of the molecule is CCOc1ccc(OCC(O)CNC(C)c2nccc(N)n2)cc1. The minimum absolute atomic E-state index is 0.117. The molecule has 0 aliphatic rings. The fourth-order valence-corrected chi connectivity index (χ4v) is 2.05. The highest BCUT2D eigenvalue weighted by molar-refractivity contribution is 5.31. The Kier molecular flexibility index (Phi) is 6.77. The number of hydrogen-bond donors (Lipinski definition) is 3. The van der Waals surface area contributed by atoms with Gasteiger partial charge in [0.1, 0.15) is 35.9 Å². The molecule has 0 aliphatic heterocycles. The lowest BCUT2D eigenvalue weighted by Gasteiger charge is -2.17. The second kappa shape index (κ2) is 9.05. The van der Waals surface area contributed by atoms with Crippen LogP contribution in [0.3, 0.4) is 0 Å². The van der Waals surface area contributed by atoms with Crippen molar-refractivity contribution in [2.45, 2.75) is 26.0 Å². The fraction of sp³-hybridized carbons (Fsp3) is 0.412. The highest BCUT2D eigenvalue weighted by Crippen LogP contribution is 2.17. The van der Waals surface area contributed by atoms with Crippen LogP contribution in [0.1, 0.15) is 25.7 Å². The number of rotatable bonds is 9. The molecule has 0 aliphatic carbocycles. The number of benzene rings is 1. The minimum Gasteiger partial charge on any atom is -0.494 e. The van der Waals surface area contributed by atoms with E-state index in [9.17, 15) is 5.11 Å². The molecule has 7 nitrogen and oxygen atoms in total. The molecule has 0 saturated carbocycles. The zero-order valence-electron chi connectivity index (χ0n) is 14.0. The highest BCUT2D eigenvalue weighted by atomic mass is 16.5. The van der Waals surface area contributed by atoms with Crippen LogP contribution in [0, 0.1) is 0 Å². The Bertz CT molecular complexity index is 621. The summed E-state index contributed by atoms with van der Waals surface area (Å²) in [6, 6.07) is 8.82. The molecule has 0 spiro atoms. The van der Waals surface area contributed by atoms with Gasteiger partial charge in [0.2, 0.25) is 0 Å². The largest absolute Gasteiger partial charge is 0.494 e. The van der Waals surface area contributed by atoms with E-state index in [0.29, 0.717) is 30.5 Å². The number of aliphatic hydroxyl groups excluding tert-OH is 1. The van der Waals surface area contributed by atoms with Crippen molar-refractivity contribution < 1.29 is 14.6 Å². The molecule has 2 aromatic rings. The van der Waals surface area contributed by atoms with Gasteiger partial charge in [-0.05, 0) is 44.2 Å². The summed E-state index contributed by atoms with van der Waals surface area (Å²) >= 11 is 0. The molecule has 4 N–H and O–H groups in total. The zero-order chi connectivity index (χ0) is 17.4. The van der Waals surface area contributed by atoms with E-state index in [1.807, 2.05) is 38.1 Å². The van der Waals surface area contributed by atoms with Crippen molar-refractivity contribution in [3.63, 3.8) is 0 Å². The molecule has 24 heavy (non-hydrogen) atoms. The number of nitrogen functional groups attached to an aromatic ring is 1. The van der Waals surface area contributed by atoms with Gasteiger partial charge < -0.3 is 25.6 Å². The van der Waals surface area contributed by atoms with E-state index in [4.69, 9.17) is 15.2 Å². The standard InChI is InChI=1S/C17H24N4O3/c1-3-23-14-4-6-15(7-5-14)24-11-13(22)10-20-12(2)17-19-9-8-16(18)21-17/h4-9,12-13,20,22H,3,10-11H2,1-2H3,(H2,18,19,21). The molecule has 0 amide bonds. The third kappa shape index (κ3) is 5.68. The molecule has 7 heteroatoms.